The fourth-order valence-corrected chi connectivity index (χ4v) is 4.40. The highest BCUT2D eigenvalue weighted by Crippen LogP contribution is 2.26. The molecule has 19 heavy (non-hydrogen) atoms. The Balaban J connectivity index is 1.92. The predicted molar refractivity (Wildman–Crippen MR) is 70.9 cm³/mol. The molecule has 1 heterocycles. The topological polar surface area (TPSA) is 86.7 Å². The van der Waals surface area contributed by atoms with E-state index in [1.165, 1.54) is 4.31 Å². The maximum absolute atomic E-state index is 12.2. The van der Waals surface area contributed by atoms with E-state index in [4.69, 9.17) is 5.11 Å². The molecule has 110 valence electrons. The summed E-state index contributed by atoms with van der Waals surface area (Å²) in [5.74, 6) is -1.23. The van der Waals surface area contributed by atoms with Gasteiger partial charge in [0.15, 0.2) is 0 Å². The van der Waals surface area contributed by atoms with Crippen LogP contribution in [0.3, 0.4) is 0 Å². The van der Waals surface area contributed by atoms with Crippen LogP contribution in [-0.4, -0.2) is 42.9 Å². The zero-order valence-electron chi connectivity index (χ0n) is 11.0. The van der Waals surface area contributed by atoms with Crippen molar-refractivity contribution in [2.75, 3.05) is 13.1 Å². The van der Waals surface area contributed by atoms with Crippen molar-refractivity contribution in [3.05, 3.63) is 0 Å². The molecule has 2 rings (SSSR count). The Kier molecular flexibility index (Phi) is 4.81. The lowest BCUT2D eigenvalue weighted by Crippen LogP contribution is -2.45. The fourth-order valence-electron chi connectivity index (χ4n) is 2.88. The van der Waals surface area contributed by atoms with E-state index in [2.05, 4.69) is 4.72 Å². The second-order valence-corrected chi connectivity index (χ2v) is 7.18. The SMILES string of the molecule is O=C(O)C1CCC(NS(=O)(=O)N2CCCCCC2)C1. The minimum Gasteiger partial charge on any atom is -0.481 e. The van der Waals surface area contributed by atoms with E-state index in [9.17, 15) is 13.2 Å². The number of nitrogens with zero attached hydrogens (tertiary/aromatic N) is 1. The van der Waals surface area contributed by atoms with E-state index in [-0.39, 0.29) is 6.04 Å². The van der Waals surface area contributed by atoms with Gasteiger partial charge in [-0.05, 0) is 32.1 Å². The molecule has 6 nitrogen and oxygen atoms in total. The van der Waals surface area contributed by atoms with Crippen molar-refractivity contribution >= 4 is 16.2 Å². The number of carboxylic acid groups (broad SMARTS) is 1. The Morgan fingerprint density at radius 1 is 1.11 bits per heavy atom. The van der Waals surface area contributed by atoms with Gasteiger partial charge >= 0.3 is 5.97 Å². The predicted octanol–water partition coefficient (Wildman–Crippen LogP) is 0.950. The second-order valence-electron chi connectivity index (χ2n) is 5.48. The molecule has 2 unspecified atom stereocenters. The summed E-state index contributed by atoms with van der Waals surface area (Å²) in [6.07, 6.45) is 5.55. The molecule has 2 fully saturated rings. The van der Waals surface area contributed by atoms with Gasteiger partial charge in [0.2, 0.25) is 0 Å². The number of carboxylic acids is 1. The molecular formula is C12H22N2O4S. The van der Waals surface area contributed by atoms with Crippen LogP contribution in [0.15, 0.2) is 0 Å². The summed E-state index contributed by atoms with van der Waals surface area (Å²) in [5, 5.41) is 8.93. The third kappa shape index (κ3) is 3.90. The molecule has 0 spiro atoms. The van der Waals surface area contributed by atoms with Gasteiger partial charge in [-0.1, -0.05) is 12.8 Å². The first-order chi connectivity index (χ1) is 8.99. The van der Waals surface area contributed by atoms with E-state index in [1.807, 2.05) is 0 Å². The molecule has 0 aromatic heterocycles. The van der Waals surface area contributed by atoms with Gasteiger partial charge in [-0.25, -0.2) is 0 Å². The number of nitrogens with one attached hydrogen (secondary N) is 1. The van der Waals surface area contributed by atoms with Crippen LogP contribution in [-0.2, 0) is 15.0 Å². The Labute approximate surface area is 114 Å². The summed E-state index contributed by atoms with van der Waals surface area (Å²) < 4.78 is 28.7. The monoisotopic (exact) mass is 290 g/mol. The van der Waals surface area contributed by atoms with E-state index < -0.39 is 22.1 Å². The zero-order chi connectivity index (χ0) is 13.9. The number of rotatable bonds is 4. The molecular weight excluding hydrogens is 268 g/mol. The number of hydrogen-bond donors (Lipinski definition) is 2. The van der Waals surface area contributed by atoms with Crippen molar-refractivity contribution in [2.45, 2.75) is 51.0 Å². The van der Waals surface area contributed by atoms with Crippen molar-refractivity contribution in [1.82, 2.24) is 9.03 Å². The van der Waals surface area contributed by atoms with Gasteiger partial charge < -0.3 is 5.11 Å². The first-order valence-corrected chi connectivity index (χ1v) is 8.43. The quantitative estimate of drug-likeness (QED) is 0.807. The van der Waals surface area contributed by atoms with Crippen molar-refractivity contribution < 1.29 is 18.3 Å². The molecule has 2 atom stereocenters. The molecule has 1 aliphatic carbocycles. The van der Waals surface area contributed by atoms with Crippen LogP contribution in [0.25, 0.3) is 0 Å². The normalized spacial score (nSPS) is 30.1. The van der Waals surface area contributed by atoms with Gasteiger partial charge in [0, 0.05) is 19.1 Å². The van der Waals surface area contributed by atoms with Crippen molar-refractivity contribution in [2.24, 2.45) is 5.92 Å². The summed E-state index contributed by atoms with van der Waals surface area (Å²) in [6, 6.07) is -0.227. The Bertz CT molecular complexity index is 415. The minimum absolute atomic E-state index is 0.227. The molecule has 1 aliphatic heterocycles. The summed E-state index contributed by atoms with van der Waals surface area (Å²) in [7, 11) is -3.45. The van der Waals surface area contributed by atoms with Crippen molar-refractivity contribution in [3.63, 3.8) is 0 Å². The molecule has 0 aromatic carbocycles. The third-order valence-electron chi connectivity index (χ3n) is 4.00. The zero-order valence-corrected chi connectivity index (χ0v) is 11.9. The molecule has 0 amide bonds. The van der Waals surface area contributed by atoms with Crippen molar-refractivity contribution in [1.29, 1.82) is 0 Å². The molecule has 1 saturated carbocycles. The second kappa shape index (κ2) is 6.19. The van der Waals surface area contributed by atoms with Gasteiger partial charge in [0.25, 0.3) is 10.2 Å². The fraction of sp³-hybridized carbons (Fsp3) is 0.917. The van der Waals surface area contributed by atoms with Crippen LogP contribution < -0.4 is 4.72 Å². The molecule has 1 saturated heterocycles. The average molecular weight is 290 g/mol. The van der Waals surface area contributed by atoms with E-state index in [1.54, 1.807) is 0 Å². The van der Waals surface area contributed by atoms with Crippen molar-refractivity contribution in [3.8, 4) is 0 Å². The lowest BCUT2D eigenvalue weighted by Gasteiger charge is -2.22. The minimum atomic E-state index is -3.45. The maximum Gasteiger partial charge on any atom is 0.306 e. The summed E-state index contributed by atoms with van der Waals surface area (Å²) >= 11 is 0. The number of hydrogen-bond acceptors (Lipinski definition) is 3. The molecule has 0 aromatic rings. The molecule has 7 heteroatoms. The first kappa shape index (κ1) is 14.7. The summed E-state index contributed by atoms with van der Waals surface area (Å²) in [5.41, 5.74) is 0. The largest absolute Gasteiger partial charge is 0.481 e. The summed E-state index contributed by atoms with van der Waals surface area (Å²) in [4.78, 5) is 10.9. The Hall–Kier alpha value is -0.660. The van der Waals surface area contributed by atoms with Gasteiger partial charge in [0.1, 0.15) is 0 Å². The highest BCUT2D eigenvalue weighted by atomic mass is 32.2. The maximum atomic E-state index is 12.2. The highest BCUT2D eigenvalue weighted by Gasteiger charge is 2.33. The van der Waals surface area contributed by atoms with Crippen LogP contribution in [0.1, 0.15) is 44.9 Å². The Morgan fingerprint density at radius 2 is 1.74 bits per heavy atom. The molecule has 2 N–H and O–H groups in total. The van der Waals surface area contributed by atoms with Gasteiger partial charge in [0.05, 0.1) is 5.92 Å². The average Bonchev–Trinajstić information content (AvgIpc) is 2.63. The number of aliphatic carboxylic acids is 1. The molecule has 0 radical (unpaired) electrons. The Morgan fingerprint density at radius 3 is 2.26 bits per heavy atom. The van der Waals surface area contributed by atoms with Crippen LogP contribution in [0, 0.1) is 5.92 Å². The van der Waals surface area contributed by atoms with Gasteiger partial charge in [-0.15, -0.1) is 0 Å². The third-order valence-corrected chi connectivity index (χ3v) is 5.68. The van der Waals surface area contributed by atoms with Crippen LogP contribution >= 0.6 is 0 Å². The smallest absolute Gasteiger partial charge is 0.306 e. The van der Waals surface area contributed by atoms with Gasteiger partial charge in [-0.2, -0.15) is 17.4 Å². The molecule has 0 bridgehead atoms. The summed E-state index contributed by atoms with van der Waals surface area (Å²) in [6.45, 7) is 1.15. The lowest BCUT2D eigenvalue weighted by atomic mass is 10.1. The molecule has 2 aliphatic rings. The van der Waals surface area contributed by atoms with Crippen LogP contribution in [0.4, 0.5) is 0 Å². The number of carbonyl (C=O) groups is 1. The van der Waals surface area contributed by atoms with Gasteiger partial charge in [-0.3, -0.25) is 4.79 Å². The highest BCUT2D eigenvalue weighted by molar-refractivity contribution is 7.87. The van der Waals surface area contributed by atoms with Crippen LogP contribution in [0.5, 0.6) is 0 Å². The van der Waals surface area contributed by atoms with Crippen LogP contribution in [0.2, 0.25) is 0 Å². The van der Waals surface area contributed by atoms with E-state index in [0.717, 1.165) is 25.7 Å². The first-order valence-electron chi connectivity index (χ1n) is 6.99. The van der Waals surface area contributed by atoms with E-state index >= 15 is 0 Å². The van der Waals surface area contributed by atoms with E-state index in [0.29, 0.717) is 32.4 Å². The lowest BCUT2D eigenvalue weighted by molar-refractivity contribution is -0.141. The standard InChI is InChI=1S/C12H22N2O4S/c15-12(16)10-5-6-11(9-10)13-19(17,18)14-7-3-1-2-4-8-14/h10-11,13H,1-9H2,(H,15,16).